The third kappa shape index (κ3) is 1.27. The van der Waals surface area contributed by atoms with E-state index >= 15 is 0 Å². The van der Waals surface area contributed by atoms with Gasteiger partial charge in [0.05, 0.1) is 11.5 Å². The molecular weight excluding hydrogens is 148 g/mol. The normalized spacial score (nSPS) is 35.1. The van der Waals surface area contributed by atoms with E-state index in [2.05, 4.69) is 24.6 Å². The van der Waals surface area contributed by atoms with Crippen LogP contribution in [0.25, 0.3) is 0 Å². The van der Waals surface area contributed by atoms with Crippen LogP contribution in [0.2, 0.25) is 0 Å². The molecule has 0 aliphatic heterocycles. The Bertz CT molecular complexity index is 252. The molecule has 0 aromatic carbocycles. The molecule has 1 fully saturated rings. The third-order valence-corrected chi connectivity index (χ3v) is 2.59. The molecule has 0 saturated heterocycles. The second-order valence-corrected chi connectivity index (χ2v) is 3.60. The van der Waals surface area contributed by atoms with Crippen molar-refractivity contribution in [3.63, 3.8) is 0 Å². The Hall–Kier alpha value is -1.10. The summed E-state index contributed by atoms with van der Waals surface area (Å²) in [5, 5.41) is 8.99. The first kappa shape index (κ1) is 8.99. The number of rotatable bonds is 2. The molecule has 0 spiro atoms. The van der Waals surface area contributed by atoms with Gasteiger partial charge >= 0.3 is 0 Å². The van der Waals surface area contributed by atoms with Crippen LogP contribution >= 0.6 is 0 Å². The van der Waals surface area contributed by atoms with Crippen LogP contribution in [0.4, 0.5) is 0 Å². The predicted octanol–water partition coefficient (Wildman–Crippen LogP) is 2.53. The van der Waals surface area contributed by atoms with Crippen molar-refractivity contribution in [3.8, 4) is 6.07 Å². The van der Waals surface area contributed by atoms with Crippen molar-refractivity contribution < 1.29 is 0 Å². The maximum absolute atomic E-state index is 8.99. The highest BCUT2D eigenvalue weighted by Gasteiger charge is 2.44. The zero-order valence-electron chi connectivity index (χ0n) is 7.67. The maximum Gasteiger partial charge on any atom is 0.0956 e. The standard InChI is InChI=1S/C10H14N2/c1-4-12-9(3)10(7-11)5-8(2)6-10/h4,8H,1,5-6H2,2-3H3. The Balaban J connectivity index is 2.78. The van der Waals surface area contributed by atoms with E-state index < -0.39 is 0 Å². The summed E-state index contributed by atoms with van der Waals surface area (Å²) in [7, 11) is 0. The molecule has 0 amide bonds. The van der Waals surface area contributed by atoms with Crippen LogP contribution in [-0.2, 0) is 0 Å². The van der Waals surface area contributed by atoms with Gasteiger partial charge in [0.1, 0.15) is 0 Å². The van der Waals surface area contributed by atoms with Gasteiger partial charge in [-0.15, -0.1) is 0 Å². The lowest BCUT2D eigenvalue weighted by atomic mass is 9.61. The minimum atomic E-state index is -0.270. The van der Waals surface area contributed by atoms with E-state index in [1.54, 1.807) is 0 Å². The number of nitrogens with zero attached hydrogens (tertiary/aromatic N) is 2. The Morgan fingerprint density at radius 1 is 1.75 bits per heavy atom. The fourth-order valence-electron chi connectivity index (χ4n) is 1.86. The van der Waals surface area contributed by atoms with Crippen molar-refractivity contribution in [2.24, 2.45) is 16.3 Å². The van der Waals surface area contributed by atoms with Crippen molar-refractivity contribution >= 4 is 5.71 Å². The van der Waals surface area contributed by atoms with E-state index in [1.165, 1.54) is 6.20 Å². The molecule has 0 aromatic rings. The molecule has 2 nitrogen and oxygen atoms in total. The van der Waals surface area contributed by atoms with Gasteiger partial charge in [-0.05, 0) is 25.7 Å². The fourth-order valence-corrected chi connectivity index (χ4v) is 1.86. The number of nitriles is 1. The second kappa shape index (κ2) is 3.10. The highest BCUT2D eigenvalue weighted by atomic mass is 14.7. The van der Waals surface area contributed by atoms with Gasteiger partial charge in [-0.25, -0.2) is 0 Å². The van der Waals surface area contributed by atoms with Crippen molar-refractivity contribution in [1.29, 1.82) is 5.26 Å². The summed E-state index contributed by atoms with van der Waals surface area (Å²) in [5.41, 5.74) is 0.645. The molecule has 0 aromatic heterocycles. The molecule has 12 heavy (non-hydrogen) atoms. The zero-order chi connectivity index (χ0) is 9.19. The number of hydrogen-bond donors (Lipinski definition) is 0. The molecule has 1 aliphatic rings. The van der Waals surface area contributed by atoms with E-state index in [0.717, 1.165) is 18.6 Å². The number of aliphatic imine (C=N–C) groups is 1. The van der Waals surface area contributed by atoms with Crippen molar-refractivity contribution in [2.45, 2.75) is 26.7 Å². The summed E-state index contributed by atoms with van der Waals surface area (Å²) >= 11 is 0. The Labute approximate surface area is 73.6 Å². The molecule has 0 N–H and O–H groups in total. The van der Waals surface area contributed by atoms with Crippen LogP contribution in [0.3, 0.4) is 0 Å². The molecular formula is C10H14N2. The lowest BCUT2D eigenvalue weighted by molar-refractivity contribution is 0.208. The molecule has 64 valence electrons. The highest BCUT2D eigenvalue weighted by molar-refractivity contribution is 5.91. The first-order valence-electron chi connectivity index (χ1n) is 4.21. The third-order valence-electron chi connectivity index (χ3n) is 2.59. The van der Waals surface area contributed by atoms with Gasteiger partial charge in [0, 0.05) is 11.9 Å². The van der Waals surface area contributed by atoms with Gasteiger partial charge in [-0.3, -0.25) is 4.99 Å². The quantitative estimate of drug-likeness (QED) is 0.575. The van der Waals surface area contributed by atoms with Gasteiger partial charge in [0.2, 0.25) is 0 Å². The molecule has 0 radical (unpaired) electrons. The molecule has 0 atom stereocenters. The van der Waals surface area contributed by atoms with Crippen molar-refractivity contribution in [1.82, 2.24) is 0 Å². The molecule has 1 saturated carbocycles. The van der Waals surface area contributed by atoms with Crippen molar-refractivity contribution in [3.05, 3.63) is 12.8 Å². The van der Waals surface area contributed by atoms with E-state index in [-0.39, 0.29) is 5.41 Å². The average Bonchev–Trinajstić information content (AvgIpc) is 1.98. The summed E-state index contributed by atoms with van der Waals surface area (Å²) in [6, 6.07) is 2.35. The first-order valence-corrected chi connectivity index (χ1v) is 4.21. The maximum atomic E-state index is 8.99. The summed E-state index contributed by atoms with van der Waals surface area (Å²) in [5.74, 6) is 0.666. The SMILES string of the molecule is C=CN=C(C)C1(C#N)CC(C)C1. The second-order valence-electron chi connectivity index (χ2n) is 3.60. The fraction of sp³-hybridized carbons (Fsp3) is 0.600. The van der Waals surface area contributed by atoms with E-state index in [0.29, 0.717) is 5.92 Å². The predicted molar refractivity (Wildman–Crippen MR) is 49.8 cm³/mol. The highest BCUT2D eigenvalue weighted by Crippen LogP contribution is 2.45. The van der Waals surface area contributed by atoms with Crippen LogP contribution in [-0.4, -0.2) is 5.71 Å². The molecule has 1 aliphatic carbocycles. The molecule has 1 rings (SSSR count). The molecule has 2 heteroatoms. The van der Waals surface area contributed by atoms with Gasteiger partial charge in [0.25, 0.3) is 0 Å². The lowest BCUT2D eigenvalue weighted by Crippen LogP contribution is -2.40. The van der Waals surface area contributed by atoms with Gasteiger partial charge in [-0.1, -0.05) is 13.5 Å². The summed E-state index contributed by atoms with van der Waals surface area (Å²) in [6.45, 7) is 7.61. The van der Waals surface area contributed by atoms with Gasteiger partial charge in [-0.2, -0.15) is 5.26 Å². The largest absolute Gasteiger partial charge is 0.265 e. The van der Waals surface area contributed by atoms with Crippen LogP contribution in [0, 0.1) is 22.7 Å². The van der Waals surface area contributed by atoms with Crippen LogP contribution in [0.15, 0.2) is 17.8 Å². The zero-order valence-corrected chi connectivity index (χ0v) is 7.67. The summed E-state index contributed by atoms with van der Waals surface area (Å²) in [6.07, 6.45) is 3.41. The number of hydrogen-bond acceptors (Lipinski definition) is 2. The molecule has 0 bridgehead atoms. The van der Waals surface area contributed by atoms with E-state index in [9.17, 15) is 0 Å². The summed E-state index contributed by atoms with van der Waals surface area (Å²) < 4.78 is 0. The smallest absolute Gasteiger partial charge is 0.0956 e. The Morgan fingerprint density at radius 3 is 2.67 bits per heavy atom. The topological polar surface area (TPSA) is 36.1 Å². The Kier molecular flexibility index (Phi) is 2.32. The summed E-state index contributed by atoms with van der Waals surface area (Å²) in [4.78, 5) is 4.08. The van der Waals surface area contributed by atoms with E-state index in [1.807, 2.05) is 6.92 Å². The van der Waals surface area contributed by atoms with Crippen LogP contribution in [0.1, 0.15) is 26.7 Å². The minimum Gasteiger partial charge on any atom is -0.265 e. The Morgan fingerprint density at radius 2 is 2.33 bits per heavy atom. The monoisotopic (exact) mass is 162 g/mol. The van der Waals surface area contributed by atoms with Gasteiger partial charge in [0.15, 0.2) is 0 Å². The van der Waals surface area contributed by atoms with Crippen LogP contribution < -0.4 is 0 Å². The van der Waals surface area contributed by atoms with E-state index in [4.69, 9.17) is 5.26 Å². The lowest BCUT2D eigenvalue weighted by Gasteiger charge is -2.40. The molecule has 0 heterocycles. The average molecular weight is 162 g/mol. The molecule has 0 unspecified atom stereocenters. The minimum absolute atomic E-state index is 0.270. The first-order chi connectivity index (χ1) is 5.64. The van der Waals surface area contributed by atoms with Crippen molar-refractivity contribution in [2.75, 3.05) is 0 Å². The van der Waals surface area contributed by atoms with Crippen LogP contribution in [0.5, 0.6) is 0 Å². The van der Waals surface area contributed by atoms with Gasteiger partial charge < -0.3 is 0 Å².